The molecule has 13 heavy (non-hydrogen) atoms. The summed E-state index contributed by atoms with van der Waals surface area (Å²) < 4.78 is 0.763. The zero-order chi connectivity index (χ0) is 9.84. The second-order valence-corrected chi connectivity index (χ2v) is 4.95. The van der Waals surface area contributed by atoms with Crippen LogP contribution in [0.1, 0.15) is 24.8 Å². The number of aliphatic hydroxyl groups is 1. The largest absolute Gasteiger partial charge is 0.394 e. The van der Waals surface area contributed by atoms with Crippen molar-refractivity contribution in [3.8, 4) is 0 Å². The van der Waals surface area contributed by atoms with Gasteiger partial charge in [0.15, 0.2) is 0 Å². The van der Waals surface area contributed by atoms with Crippen molar-refractivity contribution < 1.29 is 5.11 Å². The summed E-state index contributed by atoms with van der Waals surface area (Å²) in [6, 6.07) is 4.17. The lowest BCUT2D eigenvalue weighted by Gasteiger charge is -2.17. The van der Waals surface area contributed by atoms with Gasteiger partial charge < -0.3 is 10.4 Å². The molecule has 4 heteroatoms. The minimum Gasteiger partial charge on any atom is -0.394 e. The Morgan fingerprint density at radius 2 is 2.23 bits per heavy atom. The maximum Gasteiger partial charge on any atom is 0.0931 e. The van der Waals surface area contributed by atoms with Crippen molar-refractivity contribution in [1.29, 1.82) is 0 Å². The molecule has 1 heterocycles. The van der Waals surface area contributed by atoms with Gasteiger partial charge in [0.1, 0.15) is 0 Å². The fourth-order valence-electron chi connectivity index (χ4n) is 1.14. The Morgan fingerprint density at radius 3 is 2.62 bits per heavy atom. The van der Waals surface area contributed by atoms with E-state index in [9.17, 15) is 0 Å². The Balaban J connectivity index is 2.66. The van der Waals surface area contributed by atoms with Crippen molar-refractivity contribution in [3.05, 3.63) is 21.3 Å². The van der Waals surface area contributed by atoms with Gasteiger partial charge in [-0.15, -0.1) is 11.3 Å². The first-order valence-electron chi connectivity index (χ1n) is 4.25. The summed E-state index contributed by atoms with van der Waals surface area (Å²) in [4.78, 5) is 1.08. The highest BCUT2D eigenvalue weighted by molar-refractivity contribution is 7.16. The zero-order valence-electron chi connectivity index (χ0n) is 7.75. The minimum absolute atomic E-state index is 0.0116. The highest BCUT2D eigenvalue weighted by Gasteiger charge is 2.12. The highest BCUT2D eigenvalue weighted by atomic mass is 35.5. The SMILES string of the molecule is CC(C)NC(CO)c1ccc(Cl)s1. The van der Waals surface area contributed by atoms with Crippen LogP contribution in [0, 0.1) is 0 Å². The molecule has 2 N–H and O–H groups in total. The maximum atomic E-state index is 9.14. The normalized spacial score (nSPS) is 13.6. The number of rotatable bonds is 4. The number of hydrogen-bond acceptors (Lipinski definition) is 3. The van der Waals surface area contributed by atoms with Gasteiger partial charge in [-0.1, -0.05) is 25.4 Å². The first kappa shape index (κ1) is 11.0. The first-order valence-corrected chi connectivity index (χ1v) is 5.45. The molecule has 0 aliphatic heterocycles. The molecule has 0 amide bonds. The lowest BCUT2D eigenvalue weighted by atomic mass is 10.2. The van der Waals surface area contributed by atoms with Gasteiger partial charge >= 0.3 is 0 Å². The van der Waals surface area contributed by atoms with E-state index < -0.39 is 0 Å². The summed E-state index contributed by atoms with van der Waals surface area (Å²) in [5, 5.41) is 12.4. The number of hydrogen-bond donors (Lipinski definition) is 2. The zero-order valence-corrected chi connectivity index (χ0v) is 9.32. The molecular weight excluding hydrogens is 206 g/mol. The third kappa shape index (κ3) is 3.27. The number of halogens is 1. The van der Waals surface area contributed by atoms with Crippen molar-refractivity contribution in [1.82, 2.24) is 5.32 Å². The molecule has 1 atom stereocenters. The van der Waals surface area contributed by atoms with Crippen molar-refractivity contribution in [2.45, 2.75) is 25.9 Å². The van der Waals surface area contributed by atoms with Gasteiger partial charge in [-0.05, 0) is 12.1 Å². The number of thiophene rings is 1. The van der Waals surface area contributed by atoms with E-state index >= 15 is 0 Å². The van der Waals surface area contributed by atoms with Crippen LogP contribution in [0.5, 0.6) is 0 Å². The molecule has 1 aromatic rings. The third-order valence-electron chi connectivity index (χ3n) is 1.65. The second kappa shape index (κ2) is 4.96. The van der Waals surface area contributed by atoms with Crippen LogP contribution in [0.15, 0.2) is 12.1 Å². The van der Waals surface area contributed by atoms with Crippen LogP contribution in [0.3, 0.4) is 0 Å². The van der Waals surface area contributed by atoms with Crippen LogP contribution in [0.2, 0.25) is 4.34 Å². The lowest BCUT2D eigenvalue weighted by molar-refractivity contribution is 0.239. The van der Waals surface area contributed by atoms with Crippen LogP contribution in [0.25, 0.3) is 0 Å². The molecule has 1 unspecified atom stereocenters. The van der Waals surface area contributed by atoms with E-state index in [4.69, 9.17) is 16.7 Å². The molecule has 0 aromatic carbocycles. The average molecular weight is 220 g/mol. The van der Waals surface area contributed by atoms with Gasteiger partial charge in [0.05, 0.1) is 17.0 Å². The summed E-state index contributed by atoms with van der Waals surface area (Å²) in [7, 11) is 0. The average Bonchev–Trinajstić information content (AvgIpc) is 2.47. The molecule has 0 saturated carbocycles. The Morgan fingerprint density at radius 1 is 1.54 bits per heavy atom. The quantitative estimate of drug-likeness (QED) is 0.816. The predicted molar refractivity (Wildman–Crippen MR) is 57.4 cm³/mol. The van der Waals surface area contributed by atoms with E-state index in [1.807, 2.05) is 12.1 Å². The fourth-order valence-corrected chi connectivity index (χ4v) is 2.26. The maximum absolute atomic E-state index is 9.14. The molecule has 0 saturated heterocycles. The summed E-state index contributed by atoms with van der Waals surface area (Å²) in [6.07, 6.45) is 0. The van der Waals surface area contributed by atoms with Crippen LogP contribution in [0.4, 0.5) is 0 Å². The monoisotopic (exact) mass is 219 g/mol. The molecule has 0 aliphatic rings. The van der Waals surface area contributed by atoms with E-state index in [1.54, 1.807) is 0 Å². The van der Waals surface area contributed by atoms with E-state index in [0.717, 1.165) is 9.21 Å². The molecular formula is C9H14ClNOS. The van der Waals surface area contributed by atoms with E-state index in [2.05, 4.69) is 19.2 Å². The molecule has 2 nitrogen and oxygen atoms in total. The van der Waals surface area contributed by atoms with Gasteiger partial charge in [-0.25, -0.2) is 0 Å². The van der Waals surface area contributed by atoms with Crippen LogP contribution in [-0.4, -0.2) is 17.8 Å². The highest BCUT2D eigenvalue weighted by Crippen LogP contribution is 2.26. The van der Waals surface area contributed by atoms with E-state index in [0.29, 0.717) is 6.04 Å². The number of aliphatic hydroxyl groups excluding tert-OH is 1. The molecule has 0 aliphatic carbocycles. The summed E-state index contributed by atoms with van der Waals surface area (Å²) in [6.45, 7) is 4.21. The second-order valence-electron chi connectivity index (χ2n) is 3.20. The topological polar surface area (TPSA) is 32.3 Å². The van der Waals surface area contributed by atoms with Gasteiger partial charge in [0.2, 0.25) is 0 Å². The molecule has 0 bridgehead atoms. The fraction of sp³-hybridized carbons (Fsp3) is 0.556. The molecule has 74 valence electrons. The molecule has 0 fully saturated rings. The van der Waals surface area contributed by atoms with Crippen molar-refractivity contribution in [2.75, 3.05) is 6.61 Å². The molecule has 0 radical (unpaired) electrons. The van der Waals surface area contributed by atoms with Crippen LogP contribution < -0.4 is 5.32 Å². The summed E-state index contributed by atoms with van der Waals surface area (Å²) in [5.74, 6) is 0. The van der Waals surface area contributed by atoms with E-state index in [1.165, 1.54) is 11.3 Å². The van der Waals surface area contributed by atoms with Crippen LogP contribution >= 0.6 is 22.9 Å². The summed E-state index contributed by atoms with van der Waals surface area (Å²) in [5.41, 5.74) is 0. The third-order valence-corrected chi connectivity index (χ3v) is 3.00. The van der Waals surface area contributed by atoms with Gasteiger partial charge in [0.25, 0.3) is 0 Å². The lowest BCUT2D eigenvalue weighted by Crippen LogP contribution is -2.29. The predicted octanol–water partition coefficient (Wildman–Crippen LogP) is 2.43. The van der Waals surface area contributed by atoms with Crippen LogP contribution in [-0.2, 0) is 0 Å². The molecule has 0 spiro atoms. The van der Waals surface area contributed by atoms with Gasteiger partial charge in [-0.2, -0.15) is 0 Å². The van der Waals surface area contributed by atoms with Gasteiger partial charge in [-0.3, -0.25) is 0 Å². The smallest absolute Gasteiger partial charge is 0.0931 e. The molecule has 1 rings (SSSR count). The summed E-state index contributed by atoms with van der Waals surface area (Å²) >= 11 is 7.31. The van der Waals surface area contributed by atoms with Crippen molar-refractivity contribution in [2.24, 2.45) is 0 Å². The first-order chi connectivity index (χ1) is 6.13. The number of nitrogens with one attached hydrogen (secondary N) is 1. The Bertz CT molecular complexity index is 262. The van der Waals surface area contributed by atoms with Crippen molar-refractivity contribution >= 4 is 22.9 Å². The Kier molecular flexibility index (Phi) is 4.19. The molecule has 1 aromatic heterocycles. The van der Waals surface area contributed by atoms with E-state index in [-0.39, 0.29) is 12.6 Å². The van der Waals surface area contributed by atoms with Crippen molar-refractivity contribution in [3.63, 3.8) is 0 Å². The van der Waals surface area contributed by atoms with Gasteiger partial charge in [0, 0.05) is 10.9 Å². The Hall–Kier alpha value is -0.0900. The standard InChI is InChI=1S/C9H14ClNOS/c1-6(2)11-7(5-12)8-3-4-9(10)13-8/h3-4,6-7,11-12H,5H2,1-2H3. The Labute approximate surface area is 87.5 Å². The minimum atomic E-state index is 0.0116.